The molecule has 1 aliphatic heterocycles. The van der Waals surface area contributed by atoms with Gasteiger partial charge in [-0.3, -0.25) is 9.69 Å². The van der Waals surface area contributed by atoms with Crippen LogP contribution >= 0.6 is 11.6 Å². The summed E-state index contributed by atoms with van der Waals surface area (Å²) >= 11 is 6.07. The number of carbonyl (C=O) groups is 2. The minimum Gasteiger partial charge on any atom is -0.303 e. The van der Waals surface area contributed by atoms with E-state index in [-0.39, 0.29) is 18.1 Å². The molecule has 2 aromatic rings. The summed E-state index contributed by atoms with van der Waals surface area (Å²) in [7, 11) is 0. The first-order valence-corrected chi connectivity index (χ1v) is 7.16. The second-order valence-corrected chi connectivity index (χ2v) is 5.29. The maximum absolute atomic E-state index is 12.4. The fraction of sp³-hybridized carbons (Fsp3) is 0.0588. The third-order valence-corrected chi connectivity index (χ3v) is 3.70. The molecule has 1 aliphatic rings. The zero-order valence-electron chi connectivity index (χ0n) is 11.6. The molecule has 0 aromatic heterocycles. The lowest BCUT2D eigenvalue weighted by Gasteiger charge is -2.11. The van der Waals surface area contributed by atoms with Crippen molar-refractivity contribution in [1.29, 1.82) is 0 Å². The number of benzene rings is 2. The molecule has 3 amide bonds. The Hall–Kier alpha value is -2.59. The highest BCUT2D eigenvalue weighted by Crippen LogP contribution is 2.21. The predicted molar refractivity (Wildman–Crippen MR) is 85.0 cm³/mol. The van der Waals surface area contributed by atoms with Gasteiger partial charge in [-0.2, -0.15) is 0 Å². The normalized spacial score (nSPS) is 16.2. The molecule has 22 heavy (non-hydrogen) atoms. The van der Waals surface area contributed by atoms with Crippen molar-refractivity contribution < 1.29 is 9.59 Å². The SMILES string of the molecule is O=C1N/C(=C/c2ccccc2Cl)C(=O)N1Cc1ccccc1. The van der Waals surface area contributed by atoms with Crippen molar-refractivity contribution in [3.05, 3.63) is 76.4 Å². The molecule has 1 fully saturated rings. The molecule has 0 bridgehead atoms. The van der Waals surface area contributed by atoms with E-state index in [2.05, 4.69) is 5.32 Å². The van der Waals surface area contributed by atoms with Crippen LogP contribution in [0.4, 0.5) is 4.79 Å². The number of nitrogens with zero attached hydrogens (tertiary/aromatic N) is 1. The van der Waals surface area contributed by atoms with Crippen LogP contribution in [-0.4, -0.2) is 16.8 Å². The maximum Gasteiger partial charge on any atom is 0.329 e. The molecule has 5 heteroatoms. The molecule has 0 atom stereocenters. The first-order valence-electron chi connectivity index (χ1n) is 6.78. The summed E-state index contributed by atoms with van der Waals surface area (Å²) < 4.78 is 0. The Kier molecular flexibility index (Phi) is 3.94. The zero-order valence-corrected chi connectivity index (χ0v) is 12.4. The van der Waals surface area contributed by atoms with Crippen molar-refractivity contribution in [2.45, 2.75) is 6.54 Å². The van der Waals surface area contributed by atoms with Gasteiger partial charge in [-0.1, -0.05) is 60.1 Å². The quantitative estimate of drug-likeness (QED) is 0.697. The van der Waals surface area contributed by atoms with Crippen LogP contribution in [0.1, 0.15) is 11.1 Å². The summed E-state index contributed by atoms with van der Waals surface area (Å²) in [5.41, 5.74) is 1.81. The lowest BCUT2D eigenvalue weighted by molar-refractivity contribution is -0.123. The lowest BCUT2D eigenvalue weighted by Crippen LogP contribution is -2.30. The van der Waals surface area contributed by atoms with Gasteiger partial charge in [0.25, 0.3) is 5.91 Å². The second-order valence-electron chi connectivity index (χ2n) is 4.89. The van der Waals surface area contributed by atoms with Crippen molar-refractivity contribution in [2.75, 3.05) is 0 Å². The molecule has 0 aliphatic carbocycles. The Balaban J connectivity index is 1.84. The molecule has 2 aromatic carbocycles. The van der Waals surface area contributed by atoms with Gasteiger partial charge in [0.2, 0.25) is 0 Å². The highest BCUT2D eigenvalue weighted by atomic mass is 35.5. The fourth-order valence-corrected chi connectivity index (χ4v) is 2.42. The van der Waals surface area contributed by atoms with Gasteiger partial charge in [0, 0.05) is 5.02 Å². The summed E-state index contributed by atoms with van der Waals surface area (Å²) in [4.78, 5) is 25.5. The maximum atomic E-state index is 12.4. The van der Waals surface area contributed by atoms with E-state index < -0.39 is 6.03 Å². The third-order valence-electron chi connectivity index (χ3n) is 3.35. The molecule has 0 unspecified atom stereocenters. The number of urea groups is 1. The largest absolute Gasteiger partial charge is 0.329 e. The van der Waals surface area contributed by atoms with E-state index in [4.69, 9.17) is 11.6 Å². The predicted octanol–water partition coefficient (Wildman–Crippen LogP) is 3.43. The Morgan fingerprint density at radius 3 is 2.41 bits per heavy atom. The molecule has 110 valence electrons. The smallest absolute Gasteiger partial charge is 0.303 e. The second kappa shape index (κ2) is 6.03. The first-order chi connectivity index (χ1) is 10.6. The topological polar surface area (TPSA) is 49.4 Å². The number of imide groups is 1. The van der Waals surface area contributed by atoms with E-state index in [0.29, 0.717) is 10.6 Å². The number of nitrogens with one attached hydrogen (secondary N) is 1. The zero-order chi connectivity index (χ0) is 15.5. The molecular weight excluding hydrogens is 300 g/mol. The highest BCUT2D eigenvalue weighted by Gasteiger charge is 2.33. The molecule has 0 spiro atoms. The molecule has 3 rings (SSSR count). The average Bonchev–Trinajstić information content (AvgIpc) is 2.78. The van der Waals surface area contributed by atoms with E-state index in [1.807, 2.05) is 36.4 Å². The van der Waals surface area contributed by atoms with Crippen LogP contribution in [0.15, 0.2) is 60.3 Å². The van der Waals surface area contributed by atoms with E-state index in [9.17, 15) is 9.59 Å². The van der Waals surface area contributed by atoms with Gasteiger partial charge in [0.15, 0.2) is 0 Å². The minimum absolute atomic E-state index is 0.231. The van der Waals surface area contributed by atoms with Crippen LogP contribution in [-0.2, 0) is 11.3 Å². The van der Waals surface area contributed by atoms with E-state index in [1.54, 1.807) is 24.3 Å². The van der Waals surface area contributed by atoms with Gasteiger partial charge in [0.05, 0.1) is 6.54 Å². The number of halogens is 1. The molecule has 1 heterocycles. The first kappa shape index (κ1) is 14.4. The van der Waals surface area contributed by atoms with Gasteiger partial charge >= 0.3 is 6.03 Å². The number of hydrogen-bond donors (Lipinski definition) is 1. The van der Waals surface area contributed by atoms with Crippen LogP contribution in [0, 0.1) is 0 Å². The standard InChI is InChI=1S/C17H13ClN2O2/c18-14-9-5-4-8-13(14)10-15-16(21)20(17(22)19-15)11-12-6-2-1-3-7-12/h1-10H,11H2,(H,19,22)/b15-10+. The Labute approximate surface area is 133 Å². The van der Waals surface area contributed by atoms with Crippen molar-refractivity contribution in [3.63, 3.8) is 0 Å². The molecular formula is C17H13ClN2O2. The molecule has 4 nitrogen and oxygen atoms in total. The van der Waals surface area contributed by atoms with E-state index in [1.165, 1.54) is 4.90 Å². The lowest BCUT2D eigenvalue weighted by atomic mass is 10.2. The van der Waals surface area contributed by atoms with E-state index in [0.717, 1.165) is 5.56 Å². The number of carbonyl (C=O) groups excluding carboxylic acids is 2. The van der Waals surface area contributed by atoms with Gasteiger partial charge < -0.3 is 5.32 Å². The van der Waals surface area contributed by atoms with Crippen molar-refractivity contribution >= 4 is 29.6 Å². The number of rotatable bonds is 3. The summed E-state index contributed by atoms with van der Waals surface area (Å²) in [5, 5.41) is 3.12. The van der Waals surface area contributed by atoms with Gasteiger partial charge in [-0.15, -0.1) is 0 Å². The van der Waals surface area contributed by atoms with Crippen LogP contribution in [0.25, 0.3) is 6.08 Å². The van der Waals surface area contributed by atoms with Crippen molar-refractivity contribution in [1.82, 2.24) is 10.2 Å². The monoisotopic (exact) mass is 312 g/mol. The number of hydrogen-bond acceptors (Lipinski definition) is 2. The third kappa shape index (κ3) is 2.87. The molecule has 0 radical (unpaired) electrons. The molecule has 1 N–H and O–H groups in total. The average molecular weight is 313 g/mol. The molecule has 1 saturated heterocycles. The Bertz CT molecular complexity index is 756. The summed E-state index contributed by atoms with van der Waals surface area (Å²) in [5.74, 6) is -0.353. The van der Waals surface area contributed by atoms with Crippen LogP contribution in [0.2, 0.25) is 5.02 Å². The summed E-state index contributed by atoms with van der Waals surface area (Å²) in [6.45, 7) is 0.241. The Morgan fingerprint density at radius 1 is 1.00 bits per heavy atom. The van der Waals surface area contributed by atoms with Crippen molar-refractivity contribution in [3.8, 4) is 0 Å². The van der Waals surface area contributed by atoms with Crippen LogP contribution < -0.4 is 5.32 Å². The van der Waals surface area contributed by atoms with E-state index >= 15 is 0 Å². The summed E-state index contributed by atoms with van der Waals surface area (Å²) in [6.07, 6.45) is 1.59. The van der Waals surface area contributed by atoms with Gasteiger partial charge in [0.1, 0.15) is 5.70 Å². The minimum atomic E-state index is -0.424. The van der Waals surface area contributed by atoms with Gasteiger partial charge in [-0.05, 0) is 23.3 Å². The van der Waals surface area contributed by atoms with Crippen LogP contribution in [0.5, 0.6) is 0 Å². The van der Waals surface area contributed by atoms with Gasteiger partial charge in [-0.25, -0.2) is 4.79 Å². The summed E-state index contributed by atoms with van der Waals surface area (Å²) in [6, 6.07) is 16.1. The molecule has 0 saturated carbocycles. The highest BCUT2D eigenvalue weighted by molar-refractivity contribution is 6.32. The van der Waals surface area contributed by atoms with Crippen molar-refractivity contribution in [2.24, 2.45) is 0 Å². The Morgan fingerprint density at radius 2 is 1.68 bits per heavy atom. The number of amides is 3. The fourth-order valence-electron chi connectivity index (χ4n) is 2.23. The van der Waals surface area contributed by atoms with Crippen LogP contribution in [0.3, 0.4) is 0 Å².